The first-order valence-corrected chi connectivity index (χ1v) is 7.81. The Balaban J connectivity index is 1.84. The molecule has 0 aliphatic carbocycles. The summed E-state index contributed by atoms with van der Waals surface area (Å²) in [4.78, 5) is 8.50. The second-order valence-corrected chi connectivity index (χ2v) is 5.53. The van der Waals surface area contributed by atoms with Gasteiger partial charge in [-0.05, 0) is 30.3 Å². The highest BCUT2D eigenvalue weighted by atomic mass is 16.5. The first-order valence-electron chi connectivity index (χ1n) is 7.81. The maximum Gasteiger partial charge on any atom is 0.226 e. The van der Waals surface area contributed by atoms with Gasteiger partial charge in [0.15, 0.2) is 0 Å². The SMILES string of the molecule is COc1ccc(C2C=C(c3cccnc3)Nc3ncnn32)c(OC)c1. The quantitative estimate of drug-likeness (QED) is 0.790. The molecular weight excluding hydrogens is 318 g/mol. The normalized spacial score (nSPS) is 15.8. The minimum absolute atomic E-state index is 0.158. The molecule has 1 unspecified atom stereocenters. The Labute approximate surface area is 144 Å². The number of aromatic nitrogens is 4. The Morgan fingerprint density at radius 2 is 2.08 bits per heavy atom. The molecule has 1 aliphatic rings. The number of methoxy groups -OCH3 is 2. The Hall–Kier alpha value is -3.35. The predicted molar refractivity (Wildman–Crippen MR) is 93.5 cm³/mol. The Morgan fingerprint density at radius 1 is 1.16 bits per heavy atom. The number of ether oxygens (including phenoxy) is 2. The molecule has 0 bridgehead atoms. The second-order valence-electron chi connectivity index (χ2n) is 5.53. The first-order chi connectivity index (χ1) is 12.3. The van der Waals surface area contributed by atoms with Crippen molar-refractivity contribution >= 4 is 11.6 Å². The van der Waals surface area contributed by atoms with E-state index >= 15 is 0 Å². The van der Waals surface area contributed by atoms with Gasteiger partial charge in [-0.25, -0.2) is 4.68 Å². The summed E-state index contributed by atoms with van der Waals surface area (Å²) in [6, 6.07) is 9.51. The van der Waals surface area contributed by atoms with E-state index in [0.717, 1.165) is 28.3 Å². The zero-order valence-corrected chi connectivity index (χ0v) is 13.9. The molecule has 2 aromatic heterocycles. The molecule has 7 heteroatoms. The predicted octanol–water partition coefficient (Wildman–Crippen LogP) is 2.75. The molecule has 0 spiro atoms. The van der Waals surface area contributed by atoms with Crippen molar-refractivity contribution in [2.45, 2.75) is 6.04 Å². The lowest BCUT2D eigenvalue weighted by atomic mass is 10.0. The van der Waals surface area contributed by atoms with Crippen molar-refractivity contribution in [3.63, 3.8) is 0 Å². The van der Waals surface area contributed by atoms with E-state index < -0.39 is 0 Å². The van der Waals surface area contributed by atoms with Crippen LogP contribution in [0.3, 0.4) is 0 Å². The minimum atomic E-state index is -0.158. The summed E-state index contributed by atoms with van der Waals surface area (Å²) < 4.78 is 12.7. The average Bonchev–Trinajstić information content (AvgIpc) is 3.16. The molecule has 4 rings (SSSR count). The molecule has 0 saturated heterocycles. The van der Waals surface area contributed by atoms with E-state index in [1.54, 1.807) is 20.4 Å². The Kier molecular flexibility index (Phi) is 3.81. The van der Waals surface area contributed by atoms with Gasteiger partial charge in [0.25, 0.3) is 0 Å². The lowest BCUT2D eigenvalue weighted by Gasteiger charge is -2.25. The van der Waals surface area contributed by atoms with E-state index in [2.05, 4.69) is 26.5 Å². The molecule has 1 aromatic carbocycles. The molecule has 25 heavy (non-hydrogen) atoms. The third-order valence-electron chi connectivity index (χ3n) is 4.14. The van der Waals surface area contributed by atoms with Gasteiger partial charge in [0.05, 0.1) is 14.2 Å². The van der Waals surface area contributed by atoms with Crippen molar-refractivity contribution in [2.24, 2.45) is 0 Å². The van der Waals surface area contributed by atoms with Gasteiger partial charge < -0.3 is 14.8 Å². The van der Waals surface area contributed by atoms with E-state index in [4.69, 9.17) is 9.47 Å². The van der Waals surface area contributed by atoms with Gasteiger partial charge in [-0.3, -0.25) is 4.98 Å². The number of pyridine rings is 1. The van der Waals surface area contributed by atoms with E-state index in [0.29, 0.717) is 5.95 Å². The molecule has 3 aromatic rings. The van der Waals surface area contributed by atoms with Gasteiger partial charge in [-0.1, -0.05) is 0 Å². The van der Waals surface area contributed by atoms with E-state index in [1.165, 1.54) is 6.33 Å². The fourth-order valence-corrected chi connectivity index (χ4v) is 2.91. The van der Waals surface area contributed by atoms with Gasteiger partial charge in [0.1, 0.15) is 23.9 Å². The highest BCUT2D eigenvalue weighted by molar-refractivity contribution is 5.76. The van der Waals surface area contributed by atoms with Crippen LogP contribution < -0.4 is 14.8 Å². The number of anilines is 1. The zero-order chi connectivity index (χ0) is 17.2. The van der Waals surface area contributed by atoms with Crippen molar-refractivity contribution in [3.05, 3.63) is 66.3 Å². The van der Waals surface area contributed by atoms with Crippen LogP contribution in [-0.2, 0) is 0 Å². The summed E-state index contributed by atoms with van der Waals surface area (Å²) in [6.07, 6.45) is 7.18. The molecule has 3 heterocycles. The largest absolute Gasteiger partial charge is 0.497 e. The van der Waals surface area contributed by atoms with Crippen LogP contribution in [0, 0.1) is 0 Å². The number of nitrogens with zero attached hydrogens (tertiary/aromatic N) is 4. The van der Waals surface area contributed by atoms with Crippen LogP contribution in [0.4, 0.5) is 5.95 Å². The fourth-order valence-electron chi connectivity index (χ4n) is 2.91. The number of benzene rings is 1. The Morgan fingerprint density at radius 3 is 2.84 bits per heavy atom. The van der Waals surface area contributed by atoms with Crippen LogP contribution in [0.2, 0.25) is 0 Å². The fraction of sp³-hybridized carbons (Fsp3) is 0.167. The average molecular weight is 335 g/mol. The molecule has 1 N–H and O–H groups in total. The lowest BCUT2D eigenvalue weighted by molar-refractivity contribution is 0.387. The molecule has 126 valence electrons. The van der Waals surface area contributed by atoms with Gasteiger partial charge in [-0.15, -0.1) is 0 Å². The van der Waals surface area contributed by atoms with E-state index in [9.17, 15) is 0 Å². The summed E-state index contributed by atoms with van der Waals surface area (Å²) in [5, 5.41) is 7.65. The lowest BCUT2D eigenvalue weighted by Crippen LogP contribution is -2.20. The van der Waals surface area contributed by atoms with Crippen LogP contribution in [0.25, 0.3) is 5.70 Å². The molecule has 0 amide bonds. The molecule has 0 radical (unpaired) electrons. The van der Waals surface area contributed by atoms with Crippen molar-refractivity contribution in [1.29, 1.82) is 0 Å². The van der Waals surface area contributed by atoms with E-state index in [1.807, 2.05) is 41.2 Å². The van der Waals surface area contributed by atoms with Gasteiger partial charge >= 0.3 is 0 Å². The topological polar surface area (TPSA) is 74.1 Å². The third-order valence-corrected chi connectivity index (χ3v) is 4.14. The van der Waals surface area contributed by atoms with Crippen LogP contribution >= 0.6 is 0 Å². The number of rotatable bonds is 4. The minimum Gasteiger partial charge on any atom is -0.497 e. The van der Waals surface area contributed by atoms with E-state index in [-0.39, 0.29) is 6.04 Å². The van der Waals surface area contributed by atoms with Gasteiger partial charge in [0, 0.05) is 35.3 Å². The maximum absolute atomic E-state index is 5.57. The van der Waals surface area contributed by atoms with Crippen molar-refractivity contribution in [1.82, 2.24) is 19.7 Å². The third kappa shape index (κ3) is 2.69. The summed E-state index contributed by atoms with van der Waals surface area (Å²) >= 11 is 0. The van der Waals surface area contributed by atoms with Gasteiger partial charge in [0.2, 0.25) is 5.95 Å². The standard InChI is InChI=1S/C18H17N5O2/c1-24-13-5-6-14(17(8-13)25-2)16-9-15(12-4-3-7-19-10-12)22-18-20-11-21-23(16)18/h3-11,16H,1-2H3,(H,20,21,22). The Bertz CT molecular complexity index is 920. The van der Waals surface area contributed by atoms with Crippen molar-refractivity contribution in [2.75, 3.05) is 19.5 Å². The van der Waals surface area contributed by atoms with Crippen LogP contribution in [0.15, 0.2) is 55.1 Å². The monoisotopic (exact) mass is 335 g/mol. The van der Waals surface area contributed by atoms with Crippen LogP contribution in [0.1, 0.15) is 17.2 Å². The summed E-state index contributed by atoms with van der Waals surface area (Å²) in [5.74, 6) is 2.14. The second kappa shape index (κ2) is 6.27. The van der Waals surface area contributed by atoms with Crippen LogP contribution in [0.5, 0.6) is 11.5 Å². The summed E-state index contributed by atoms with van der Waals surface area (Å²) in [5.41, 5.74) is 2.88. The first kappa shape index (κ1) is 15.2. The molecule has 1 aliphatic heterocycles. The van der Waals surface area contributed by atoms with Crippen molar-refractivity contribution in [3.8, 4) is 11.5 Å². The van der Waals surface area contributed by atoms with Gasteiger partial charge in [-0.2, -0.15) is 10.1 Å². The molecule has 0 saturated carbocycles. The molecule has 0 fully saturated rings. The highest BCUT2D eigenvalue weighted by Gasteiger charge is 2.26. The number of fused-ring (bicyclic) bond motifs is 1. The number of hydrogen-bond acceptors (Lipinski definition) is 6. The van der Waals surface area contributed by atoms with Crippen molar-refractivity contribution < 1.29 is 9.47 Å². The summed E-state index contributed by atoms with van der Waals surface area (Å²) in [6.45, 7) is 0. The molecule has 1 atom stereocenters. The smallest absolute Gasteiger partial charge is 0.226 e. The highest BCUT2D eigenvalue weighted by Crippen LogP contribution is 2.37. The number of nitrogens with one attached hydrogen (secondary N) is 1. The summed E-state index contributed by atoms with van der Waals surface area (Å²) in [7, 11) is 3.28. The zero-order valence-electron chi connectivity index (χ0n) is 13.9. The van der Waals surface area contributed by atoms with Crippen LogP contribution in [-0.4, -0.2) is 34.0 Å². The molecular formula is C18H17N5O2. The number of hydrogen-bond donors (Lipinski definition) is 1. The maximum atomic E-state index is 5.57. The number of allylic oxidation sites excluding steroid dienone is 1. The molecule has 7 nitrogen and oxygen atoms in total.